The van der Waals surface area contributed by atoms with E-state index >= 15 is 0 Å². The Balaban J connectivity index is 0.968. The van der Waals surface area contributed by atoms with Crippen LogP contribution < -0.4 is 0 Å². The number of hydrogen-bond acceptors (Lipinski definition) is 4. The average molecular weight is 784 g/mol. The van der Waals surface area contributed by atoms with Crippen LogP contribution in [0.25, 0.3) is 101 Å². The van der Waals surface area contributed by atoms with Crippen LogP contribution in [-0.2, 0) is 10.8 Å². The molecule has 0 bridgehead atoms. The molecule has 0 fully saturated rings. The molecule has 0 radical (unpaired) electrons. The van der Waals surface area contributed by atoms with E-state index in [2.05, 4.69) is 185 Å². The lowest BCUT2D eigenvalue weighted by molar-refractivity contribution is 0.660. The SMILES string of the molecule is CC1(C)c2ccccc2-c2ccc(-c3nc(-c4ccccc4)nc(-c4cccc(-c5cccc6c5oc5c(-c7ccc8c(c7)C(C)(C)c7ccccc7-8)cccc56)c4)n3)cc21. The quantitative estimate of drug-likeness (QED) is 0.174. The molecule has 61 heavy (non-hydrogen) atoms. The van der Waals surface area contributed by atoms with Gasteiger partial charge in [-0.25, -0.2) is 15.0 Å². The normalized spacial score (nSPS) is 14.2. The molecule has 0 saturated heterocycles. The molecule has 12 rings (SSSR count). The molecule has 2 heterocycles. The van der Waals surface area contributed by atoms with Crippen LogP contribution in [0.5, 0.6) is 0 Å². The van der Waals surface area contributed by atoms with E-state index in [0.717, 1.165) is 60.9 Å². The zero-order chi connectivity index (χ0) is 41.0. The average Bonchev–Trinajstić information content (AvgIpc) is 3.89. The number of rotatable bonds is 5. The van der Waals surface area contributed by atoms with Gasteiger partial charge in [0.2, 0.25) is 0 Å². The summed E-state index contributed by atoms with van der Waals surface area (Å²) in [6.45, 7) is 9.27. The summed E-state index contributed by atoms with van der Waals surface area (Å²) in [6.07, 6.45) is 0. The van der Waals surface area contributed by atoms with Crippen LogP contribution in [0, 0.1) is 0 Å². The van der Waals surface area contributed by atoms with E-state index in [1.165, 1.54) is 44.5 Å². The summed E-state index contributed by atoms with van der Waals surface area (Å²) in [7, 11) is 0. The predicted octanol–water partition coefficient (Wildman–Crippen LogP) is 14.7. The minimum atomic E-state index is -0.141. The van der Waals surface area contributed by atoms with Crippen molar-refractivity contribution in [1.29, 1.82) is 0 Å². The first-order valence-electron chi connectivity index (χ1n) is 21.1. The number of nitrogens with zero attached hydrogens (tertiary/aromatic N) is 3. The van der Waals surface area contributed by atoms with Crippen molar-refractivity contribution in [3.63, 3.8) is 0 Å². The highest BCUT2D eigenvalue weighted by molar-refractivity contribution is 6.13. The Labute approximate surface area is 355 Å². The molecule has 0 atom stereocenters. The highest BCUT2D eigenvalue weighted by Gasteiger charge is 2.37. The Bertz CT molecular complexity index is 3430. The number of fused-ring (bicyclic) bond motifs is 9. The van der Waals surface area contributed by atoms with Gasteiger partial charge in [-0.2, -0.15) is 0 Å². The van der Waals surface area contributed by atoms with Gasteiger partial charge in [0.05, 0.1) is 0 Å². The van der Waals surface area contributed by atoms with Crippen LogP contribution in [0.4, 0.5) is 0 Å². The fourth-order valence-electron chi connectivity index (χ4n) is 10.2. The largest absolute Gasteiger partial charge is 0.455 e. The second-order valence-electron chi connectivity index (χ2n) is 17.6. The highest BCUT2D eigenvalue weighted by Crippen LogP contribution is 2.51. The van der Waals surface area contributed by atoms with Crippen molar-refractivity contribution in [3.05, 3.63) is 198 Å². The molecule has 10 aromatic rings. The molecular weight excluding hydrogens is 743 g/mol. The summed E-state index contributed by atoms with van der Waals surface area (Å²) in [6, 6.07) is 62.7. The maximum Gasteiger partial charge on any atom is 0.164 e. The molecule has 4 heteroatoms. The summed E-state index contributed by atoms with van der Waals surface area (Å²) in [5.41, 5.74) is 19.2. The molecule has 0 spiro atoms. The molecule has 0 saturated carbocycles. The first kappa shape index (κ1) is 35.5. The maximum absolute atomic E-state index is 6.99. The Morgan fingerprint density at radius 1 is 0.311 bits per heavy atom. The zero-order valence-corrected chi connectivity index (χ0v) is 34.5. The number of para-hydroxylation sites is 2. The molecule has 2 aromatic heterocycles. The number of benzene rings is 8. The first-order valence-corrected chi connectivity index (χ1v) is 21.1. The summed E-state index contributed by atoms with van der Waals surface area (Å²) in [5, 5.41) is 2.19. The van der Waals surface area contributed by atoms with Gasteiger partial charge in [-0.3, -0.25) is 0 Å². The fourth-order valence-corrected chi connectivity index (χ4v) is 10.2. The van der Waals surface area contributed by atoms with Crippen molar-refractivity contribution < 1.29 is 4.42 Å². The number of furan rings is 1. The van der Waals surface area contributed by atoms with Gasteiger partial charge in [-0.05, 0) is 73.8 Å². The van der Waals surface area contributed by atoms with Crippen LogP contribution in [0.2, 0.25) is 0 Å². The molecule has 0 amide bonds. The van der Waals surface area contributed by atoms with Gasteiger partial charge in [0.25, 0.3) is 0 Å². The smallest absolute Gasteiger partial charge is 0.164 e. The molecule has 0 unspecified atom stereocenters. The van der Waals surface area contributed by atoms with Crippen molar-refractivity contribution >= 4 is 21.9 Å². The van der Waals surface area contributed by atoms with Crippen LogP contribution in [0.15, 0.2) is 180 Å². The molecular formula is C57H41N3O. The van der Waals surface area contributed by atoms with Gasteiger partial charge in [-0.15, -0.1) is 0 Å². The van der Waals surface area contributed by atoms with Crippen molar-refractivity contribution in [1.82, 2.24) is 15.0 Å². The van der Waals surface area contributed by atoms with Crippen LogP contribution in [0.1, 0.15) is 49.9 Å². The second-order valence-corrected chi connectivity index (χ2v) is 17.6. The zero-order valence-electron chi connectivity index (χ0n) is 34.5. The van der Waals surface area contributed by atoms with Gasteiger partial charge in [0, 0.05) is 49.4 Å². The molecule has 2 aliphatic carbocycles. The van der Waals surface area contributed by atoms with E-state index < -0.39 is 0 Å². The third kappa shape index (κ3) is 5.35. The molecule has 2 aliphatic rings. The van der Waals surface area contributed by atoms with Gasteiger partial charge in [0.1, 0.15) is 11.2 Å². The van der Waals surface area contributed by atoms with E-state index in [4.69, 9.17) is 19.4 Å². The lowest BCUT2D eigenvalue weighted by Gasteiger charge is -2.22. The van der Waals surface area contributed by atoms with Crippen molar-refractivity contribution in [2.75, 3.05) is 0 Å². The summed E-state index contributed by atoms with van der Waals surface area (Å²) in [4.78, 5) is 15.4. The van der Waals surface area contributed by atoms with Gasteiger partial charge in [0.15, 0.2) is 17.5 Å². The second kappa shape index (κ2) is 13.0. The highest BCUT2D eigenvalue weighted by atomic mass is 16.3. The van der Waals surface area contributed by atoms with Gasteiger partial charge >= 0.3 is 0 Å². The maximum atomic E-state index is 6.99. The summed E-state index contributed by atoms with van der Waals surface area (Å²) in [5.74, 6) is 1.91. The molecule has 8 aromatic carbocycles. The third-order valence-corrected chi connectivity index (χ3v) is 13.4. The van der Waals surface area contributed by atoms with Crippen LogP contribution in [-0.4, -0.2) is 15.0 Å². The lowest BCUT2D eigenvalue weighted by atomic mass is 9.81. The standard InChI is InChI=1S/C57H41N3O/c1-56(2)47-25-10-8-19-41(47)43-29-27-36(32-49(43)56)40-22-14-24-46-45-23-13-21-39(51(45)61-52(40)46)35-17-12-18-37(31-35)54-58-53(34-15-6-5-7-16-34)59-55(60-54)38-28-30-44-42-20-9-11-26-48(42)57(3,4)50(44)33-38/h5-33H,1-4H3. The van der Waals surface area contributed by atoms with Gasteiger partial charge < -0.3 is 4.42 Å². The number of hydrogen-bond donors (Lipinski definition) is 0. The van der Waals surface area contributed by atoms with E-state index in [9.17, 15) is 0 Å². The Kier molecular flexibility index (Phi) is 7.59. The molecule has 0 N–H and O–H groups in total. The Morgan fingerprint density at radius 2 is 0.705 bits per heavy atom. The topological polar surface area (TPSA) is 51.8 Å². The Hall–Kier alpha value is -7.43. The molecule has 290 valence electrons. The van der Waals surface area contributed by atoms with Crippen molar-refractivity contribution in [2.24, 2.45) is 0 Å². The lowest BCUT2D eigenvalue weighted by Crippen LogP contribution is -2.15. The number of aromatic nitrogens is 3. The van der Waals surface area contributed by atoms with Crippen molar-refractivity contribution in [2.45, 2.75) is 38.5 Å². The van der Waals surface area contributed by atoms with Crippen LogP contribution in [0.3, 0.4) is 0 Å². The minimum absolute atomic E-state index is 0.0896. The van der Waals surface area contributed by atoms with E-state index in [0.29, 0.717) is 17.5 Å². The summed E-state index contributed by atoms with van der Waals surface area (Å²) >= 11 is 0. The third-order valence-electron chi connectivity index (χ3n) is 13.4. The van der Waals surface area contributed by atoms with Gasteiger partial charge in [-0.1, -0.05) is 185 Å². The monoisotopic (exact) mass is 783 g/mol. The fraction of sp³-hybridized carbons (Fsp3) is 0.105. The molecule has 4 nitrogen and oxygen atoms in total. The van der Waals surface area contributed by atoms with E-state index in [-0.39, 0.29) is 10.8 Å². The Morgan fingerprint density at radius 3 is 1.30 bits per heavy atom. The summed E-state index contributed by atoms with van der Waals surface area (Å²) < 4.78 is 6.99. The van der Waals surface area contributed by atoms with Crippen LogP contribution >= 0.6 is 0 Å². The van der Waals surface area contributed by atoms with Crippen molar-refractivity contribution in [3.8, 4) is 78.7 Å². The minimum Gasteiger partial charge on any atom is -0.455 e. The first-order chi connectivity index (χ1) is 29.7. The molecule has 0 aliphatic heterocycles. The van der Waals surface area contributed by atoms with E-state index in [1.807, 2.05) is 18.2 Å². The predicted molar refractivity (Wildman–Crippen MR) is 249 cm³/mol. The van der Waals surface area contributed by atoms with E-state index in [1.54, 1.807) is 0 Å².